The molecule has 72 valence electrons. The lowest BCUT2D eigenvalue weighted by Gasteiger charge is -2.35. The number of carbonyl (C=O) groups is 2. The van der Waals surface area contributed by atoms with Gasteiger partial charge in [-0.1, -0.05) is 0 Å². The van der Waals surface area contributed by atoms with E-state index in [2.05, 4.69) is 15.5 Å². The maximum atomic E-state index is 11.5. The minimum absolute atomic E-state index is 0.177. The Morgan fingerprint density at radius 2 is 2.23 bits per heavy atom. The maximum absolute atomic E-state index is 11.5. The first-order valence-electron chi connectivity index (χ1n) is 4.45. The molecule has 2 heterocycles. The van der Waals surface area contributed by atoms with Gasteiger partial charge in [-0.25, -0.2) is 4.79 Å². The zero-order chi connectivity index (χ0) is 9.47. The fraction of sp³-hybridized carbons (Fsp3) is 0.750. The third kappa shape index (κ3) is 1.29. The van der Waals surface area contributed by atoms with E-state index in [0.29, 0.717) is 6.54 Å². The molecular formula is C8H13N3O2. The summed E-state index contributed by atoms with van der Waals surface area (Å²) in [5.41, 5.74) is -0.649. The van der Waals surface area contributed by atoms with Crippen molar-refractivity contribution < 1.29 is 9.59 Å². The average molecular weight is 183 g/mol. The second-order valence-corrected chi connectivity index (χ2v) is 3.83. The molecule has 2 N–H and O–H groups in total. The molecule has 0 aromatic heterocycles. The number of nitrogens with one attached hydrogen (secondary N) is 2. The summed E-state index contributed by atoms with van der Waals surface area (Å²) >= 11 is 0. The molecule has 13 heavy (non-hydrogen) atoms. The van der Waals surface area contributed by atoms with Crippen LogP contribution >= 0.6 is 0 Å². The smallest absolute Gasteiger partial charge is 0.322 e. The van der Waals surface area contributed by atoms with Crippen molar-refractivity contribution in [3.8, 4) is 0 Å². The summed E-state index contributed by atoms with van der Waals surface area (Å²) in [4.78, 5) is 24.5. The number of likely N-dealkylation sites (tertiary alicyclic amines) is 1. The molecule has 2 rings (SSSR count). The first kappa shape index (κ1) is 8.50. The Morgan fingerprint density at radius 1 is 1.46 bits per heavy atom. The third-order valence-corrected chi connectivity index (χ3v) is 2.70. The zero-order valence-electron chi connectivity index (χ0n) is 7.59. The van der Waals surface area contributed by atoms with E-state index in [4.69, 9.17) is 0 Å². The van der Waals surface area contributed by atoms with Gasteiger partial charge in [0.15, 0.2) is 0 Å². The van der Waals surface area contributed by atoms with Crippen molar-refractivity contribution in [2.75, 3.05) is 20.1 Å². The van der Waals surface area contributed by atoms with Gasteiger partial charge in [0.1, 0.15) is 5.54 Å². The maximum Gasteiger partial charge on any atom is 0.322 e. The first-order chi connectivity index (χ1) is 6.12. The fourth-order valence-electron chi connectivity index (χ4n) is 2.09. The quantitative estimate of drug-likeness (QED) is 0.488. The monoisotopic (exact) mass is 183 g/mol. The summed E-state index contributed by atoms with van der Waals surface area (Å²) in [6.07, 6.45) is 1.69. The lowest BCUT2D eigenvalue weighted by molar-refractivity contribution is -0.125. The zero-order valence-corrected chi connectivity index (χ0v) is 7.59. The predicted octanol–water partition coefficient (Wildman–Crippen LogP) is -0.710. The highest BCUT2D eigenvalue weighted by Gasteiger charge is 2.47. The Hall–Kier alpha value is -1.10. The lowest BCUT2D eigenvalue weighted by atomic mass is 9.89. The molecular weight excluding hydrogens is 170 g/mol. The topological polar surface area (TPSA) is 61.4 Å². The van der Waals surface area contributed by atoms with Gasteiger partial charge < -0.3 is 10.2 Å². The molecule has 0 aromatic carbocycles. The van der Waals surface area contributed by atoms with Crippen LogP contribution in [-0.4, -0.2) is 42.5 Å². The van der Waals surface area contributed by atoms with Crippen LogP contribution in [0.2, 0.25) is 0 Å². The van der Waals surface area contributed by atoms with Gasteiger partial charge in [-0.05, 0) is 26.4 Å². The number of imide groups is 1. The van der Waals surface area contributed by atoms with Crippen LogP contribution in [0.1, 0.15) is 12.8 Å². The van der Waals surface area contributed by atoms with Gasteiger partial charge in [0.2, 0.25) is 0 Å². The van der Waals surface area contributed by atoms with Crippen molar-refractivity contribution in [2.24, 2.45) is 0 Å². The molecule has 0 unspecified atom stereocenters. The SMILES string of the molecule is CN1CCC[C@]2(C1)NC(=O)NC2=O. The molecule has 5 nitrogen and oxygen atoms in total. The van der Waals surface area contributed by atoms with Crippen molar-refractivity contribution >= 4 is 11.9 Å². The number of likely N-dealkylation sites (N-methyl/N-ethyl adjacent to an activating group) is 1. The molecule has 2 saturated heterocycles. The van der Waals surface area contributed by atoms with Gasteiger partial charge in [-0.3, -0.25) is 10.1 Å². The van der Waals surface area contributed by atoms with Crippen LogP contribution in [0.3, 0.4) is 0 Å². The van der Waals surface area contributed by atoms with Crippen LogP contribution in [-0.2, 0) is 4.79 Å². The van der Waals surface area contributed by atoms with Crippen molar-refractivity contribution in [2.45, 2.75) is 18.4 Å². The van der Waals surface area contributed by atoms with Crippen LogP contribution in [0.5, 0.6) is 0 Å². The fourth-order valence-corrected chi connectivity index (χ4v) is 2.09. The van der Waals surface area contributed by atoms with E-state index in [1.54, 1.807) is 0 Å². The highest BCUT2D eigenvalue weighted by atomic mass is 16.2. The molecule has 5 heteroatoms. The van der Waals surface area contributed by atoms with Crippen LogP contribution < -0.4 is 10.6 Å². The van der Waals surface area contributed by atoms with Crippen LogP contribution in [0.4, 0.5) is 4.79 Å². The number of amides is 3. The molecule has 0 aliphatic carbocycles. The van der Waals surface area contributed by atoms with E-state index in [1.165, 1.54) is 0 Å². The molecule has 0 bridgehead atoms. The van der Waals surface area contributed by atoms with Gasteiger partial charge in [-0.15, -0.1) is 0 Å². The van der Waals surface area contributed by atoms with Gasteiger partial charge in [-0.2, -0.15) is 0 Å². The molecule has 3 amide bonds. The van der Waals surface area contributed by atoms with Crippen LogP contribution in [0.15, 0.2) is 0 Å². The number of carbonyl (C=O) groups excluding carboxylic acids is 2. The minimum atomic E-state index is -0.649. The second-order valence-electron chi connectivity index (χ2n) is 3.83. The van der Waals surface area contributed by atoms with E-state index in [9.17, 15) is 9.59 Å². The molecule has 0 aromatic rings. The van der Waals surface area contributed by atoms with E-state index < -0.39 is 5.54 Å². The summed E-state index contributed by atoms with van der Waals surface area (Å²) in [7, 11) is 1.96. The van der Waals surface area contributed by atoms with E-state index >= 15 is 0 Å². The largest absolute Gasteiger partial charge is 0.322 e. The predicted molar refractivity (Wildman–Crippen MR) is 46.1 cm³/mol. The highest BCUT2D eigenvalue weighted by molar-refractivity contribution is 6.07. The number of urea groups is 1. The molecule has 1 spiro atoms. The first-order valence-corrected chi connectivity index (χ1v) is 4.45. The summed E-state index contributed by atoms with van der Waals surface area (Å²) in [5, 5.41) is 4.99. The van der Waals surface area contributed by atoms with E-state index in [0.717, 1.165) is 19.4 Å². The van der Waals surface area contributed by atoms with Gasteiger partial charge >= 0.3 is 6.03 Å². The summed E-state index contributed by atoms with van der Waals surface area (Å²) in [6, 6.07) is -0.361. The second kappa shape index (κ2) is 2.70. The standard InChI is InChI=1S/C8H13N3O2/c1-11-4-2-3-8(5-11)6(12)9-7(13)10-8/h2-5H2,1H3,(H2,9,10,12,13)/t8-/m1/s1. The summed E-state index contributed by atoms with van der Waals surface area (Å²) < 4.78 is 0. The molecule has 0 radical (unpaired) electrons. The van der Waals surface area contributed by atoms with Gasteiger partial charge in [0.25, 0.3) is 5.91 Å². The van der Waals surface area contributed by atoms with Crippen molar-refractivity contribution in [1.82, 2.24) is 15.5 Å². The minimum Gasteiger partial charge on any atom is -0.322 e. The third-order valence-electron chi connectivity index (χ3n) is 2.70. The Balaban J connectivity index is 2.19. The molecule has 2 aliphatic rings. The molecule has 2 fully saturated rings. The normalized spacial score (nSPS) is 34.8. The molecule has 1 atom stereocenters. The number of rotatable bonds is 0. The molecule has 0 saturated carbocycles. The number of hydrogen-bond acceptors (Lipinski definition) is 3. The van der Waals surface area contributed by atoms with Gasteiger partial charge in [0, 0.05) is 6.54 Å². The van der Waals surface area contributed by atoms with Crippen molar-refractivity contribution in [1.29, 1.82) is 0 Å². The van der Waals surface area contributed by atoms with Crippen molar-refractivity contribution in [3.05, 3.63) is 0 Å². The molecule has 2 aliphatic heterocycles. The van der Waals surface area contributed by atoms with Crippen LogP contribution in [0.25, 0.3) is 0 Å². The van der Waals surface area contributed by atoms with Crippen LogP contribution in [0, 0.1) is 0 Å². The Bertz CT molecular complexity index is 266. The average Bonchev–Trinajstić information content (AvgIpc) is 2.26. The van der Waals surface area contributed by atoms with Crippen molar-refractivity contribution in [3.63, 3.8) is 0 Å². The Kier molecular flexibility index (Phi) is 1.76. The number of piperidine rings is 1. The highest BCUT2D eigenvalue weighted by Crippen LogP contribution is 2.23. The summed E-state index contributed by atoms with van der Waals surface area (Å²) in [5.74, 6) is -0.177. The van der Waals surface area contributed by atoms with Gasteiger partial charge in [0.05, 0.1) is 0 Å². The Morgan fingerprint density at radius 3 is 2.77 bits per heavy atom. The lowest BCUT2D eigenvalue weighted by Crippen LogP contribution is -2.57. The number of hydrogen-bond donors (Lipinski definition) is 2. The van der Waals surface area contributed by atoms with E-state index in [-0.39, 0.29) is 11.9 Å². The Labute approximate surface area is 76.5 Å². The number of nitrogens with zero attached hydrogens (tertiary/aromatic N) is 1. The van der Waals surface area contributed by atoms with E-state index in [1.807, 2.05) is 7.05 Å². The summed E-state index contributed by atoms with van der Waals surface area (Å²) in [6.45, 7) is 1.61.